The summed E-state index contributed by atoms with van der Waals surface area (Å²) in [5.74, 6) is -1.04. The van der Waals surface area contributed by atoms with E-state index in [1.54, 1.807) is 41.4 Å². The van der Waals surface area contributed by atoms with Gasteiger partial charge in [-0.15, -0.1) is 0 Å². The number of nitrogens with zero attached hydrogens (tertiary/aromatic N) is 2. The summed E-state index contributed by atoms with van der Waals surface area (Å²) in [6, 6.07) is 20.7. The summed E-state index contributed by atoms with van der Waals surface area (Å²) in [5.41, 5.74) is 1.98. The Morgan fingerprint density at radius 3 is 2.47 bits per heavy atom. The van der Waals surface area contributed by atoms with Crippen molar-refractivity contribution in [2.24, 2.45) is 0 Å². The molecule has 1 aromatic heterocycles. The van der Waals surface area contributed by atoms with Crippen LogP contribution in [0.4, 0.5) is 4.39 Å². The maximum absolute atomic E-state index is 13.7. The van der Waals surface area contributed by atoms with Gasteiger partial charge in [-0.25, -0.2) is 4.39 Å². The normalized spacial score (nSPS) is 11.5. The SMILES string of the molecule is CC(=O)N(CCC(=O)OC(c1cccc(F)c1)c1ccccn1)Cc1ccccc1. The third-order valence-electron chi connectivity index (χ3n) is 4.60. The second-order valence-corrected chi connectivity index (χ2v) is 6.86. The topological polar surface area (TPSA) is 59.5 Å². The number of pyridine rings is 1. The van der Waals surface area contributed by atoms with Gasteiger partial charge in [0.2, 0.25) is 5.91 Å². The molecule has 0 aliphatic carbocycles. The first-order valence-corrected chi connectivity index (χ1v) is 9.68. The van der Waals surface area contributed by atoms with Crippen LogP contribution in [0.1, 0.15) is 36.3 Å². The number of hydrogen-bond acceptors (Lipinski definition) is 4. The Hall–Kier alpha value is -3.54. The van der Waals surface area contributed by atoms with Gasteiger partial charge in [-0.05, 0) is 29.8 Å². The highest BCUT2D eigenvalue weighted by molar-refractivity contribution is 5.75. The van der Waals surface area contributed by atoms with Gasteiger partial charge in [-0.3, -0.25) is 14.6 Å². The summed E-state index contributed by atoms with van der Waals surface area (Å²) in [7, 11) is 0. The maximum Gasteiger partial charge on any atom is 0.308 e. The quantitative estimate of drug-likeness (QED) is 0.524. The molecule has 5 nitrogen and oxygen atoms in total. The number of rotatable bonds is 8. The highest BCUT2D eigenvalue weighted by Crippen LogP contribution is 2.25. The second kappa shape index (κ2) is 10.3. The van der Waals surface area contributed by atoms with Crippen molar-refractivity contribution in [1.82, 2.24) is 9.88 Å². The van der Waals surface area contributed by atoms with Gasteiger partial charge in [-0.2, -0.15) is 0 Å². The molecule has 0 fully saturated rings. The molecule has 2 aromatic carbocycles. The molecule has 1 atom stereocenters. The number of carbonyl (C=O) groups excluding carboxylic acids is 2. The zero-order valence-corrected chi connectivity index (χ0v) is 16.7. The molecule has 0 N–H and O–H groups in total. The number of ether oxygens (including phenoxy) is 1. The highest BCUT2D eigenvalue weighted by atomic mass is 19.1. The largest absolute Gasteiger partial charge is 0.451 e. The van der Waals surface area contributed by atoms with E-state index in [4.69, 9.17) is 4.74 Å². The molecule has 0 aliphatic heterocycles. The van der Waals surface area contributed by atoms with E-state index < -0.39 is 17.9 Å². The Bertz CT molecular complexity index is 980. The molecule has 0 aliphatic rings. The number of hydrogen-bond donors (Lipinski definition) is 0. The average Bonchev–Trinajstić information content (AvgIpc) is 2.76. The minimum absolute atomic E-state index is 0.0189. The van der Waals surface area contributed by atoms with Crippen molar-refractivity contribution in [3.05, 3.63) is 102 Å². The molecule has 0 saturated heterocycles. The van der Waals surface area contributed by atoms with E-state index in [9.17, 15) is 14.0 Å². The van der Waals surface area contributed by atoms with Crippen LogP contribution in [0, 0.1) is 5.82 Å². The van der Waals surface area contributed by atoms with E-state index in [2.05, 4.69) is 4.98 Å². The van der Waals surface area contributed by atoms with Crippen molar-refractivity contribution in [3.63, 3.8) is 0 Å². The second-order valence-electron chi connectivity index (χ2n) is 6.86. The van der Waals surface area contributed by atoms with Gasteiger partial charge < -0.3 is 9.64 Å². The van der Waals surface area contributed by atoms with Gasteiger partial charge in [-0.1, -0.05) is 48.5 Å². The van der Waals surface area contributed by atoms with Crippen LogP contribution >= 0.6 is 0 Å². The molecule has 0 saturated carbocycles. The van der Waals surface area contributed by atoms with Crippen LogP contribution in [0.15, 0.2) is 79.0 Å². The van der Waals surface area contributed by atoms with Crippen LogP contribution in [0.5, 0.6) is 0 Å². The van der Waals surface area contributed by atoms with Gasteiger partial charge >= 0.3 is 5.97 Å². The molecule has 1 amide bonds. The van der Waals surface area contributed by atoms with E-state index in [1.165, 1.54) is 19.1 Å². The number of benzene rings is 2. The van der Waals surface area contributed by atoms with Crippen molar-refractivity contribution in [2.45, 2.75) is 26.0 Å². The molecule has 3 rings (SSSR count). The summed E-state index contributed by atoms with van der Waals surface area (Å²) in [4.78, 5) is 30.4. The molecule has 1 unspecified atom stereocenters. The molecule has 0 radical (unpaired) electrons. The molecular formula is C24H23FN2O3. The summed E-state index contributed by atoms with van der Waals surface area (Å²) < 4.78 is 19.4. The Morgan fingerprint density at radius 2 is 1.80 bits per heavy atom. The Morgan fingerprint density at radius 1 is 1.03 bits per heavy atom. The van der Waals surface area contributed by atoms with E-state index in [-0.39, 0.29) is 18.9 Å². The van der Waals surface area contributed by atoms with Crippen LogP contribution in [-0.2, 0) is 20.9 Å². The zero-order valence-electron chi connectivity index (χ0n) is 16.7. The van der Waals surface area contributed by atoms with Crippen LogP contribution in [-0.4, -0.2) is 28.3 Å². The number of carbonyl (C=O) groups is 2. The van der Waals surface area contributed by atoms with Crippen LogP contribution < -0.4 is 0 Å². The first-order valence-electron chi connectivity index (χ1n) is 9.68. The first kappa shape index (κ1) is 21.2. The maximum atomic E-state index is 13.7. The standard InChI is InChI=1S/C24H23FN2O3/c1-18(28)27(17-19-8-3-2-4-9-19)15-13-23(29)30-24(22-12-5-6-14-26-22)20-10-7-11-21(25)16-20/h2-12,14,16,24H,13,15,17H2,1H3. The predicted molar refractivity (Wildman–Crippen MR) is 111 cm³/mol. The van der Waals surface area contributed by atoms with E-state index in [0.29, 0.717) is 17.8 Å². The van der Waals surface area contributed by atoms with E-state index in [1.807, 2.05) is 30.3 Å². The molecule has 1 heterocycles. The third-order valence-corrected chi connectivity index (χ3v) is 4.60. The average molecular weight is 406 g/mol. The minimum atomic E-state index is -0.825. The lowest BCUT2D eigenvalue weighted by molar-refractivity contribution is -0.148. The lowest BCUT2D eigenvalue weighted by Gasteiger charge is -2.22. The lowest BCUT2D eigenvalue weighted by Crippen LogP contribution is -2.31. The number of amides is 1. The van der Waals surface area contributed by atoms with Crippen LogP contribution in [0.25, 0.3) is 0 Å². The molecule has 0 spiro atoms. The van der Waals surface area contributed by atoms with Gasteiger partial charge in [0.15, 0.2) is 6.10 Å². The number of esters is 1. The molecule has 6 heteroatoms. The van der Waals surface area contributed by atoms with Crippen molar-refractivity contribution in [1.29, 1.82) is 0 Å². The Labute approximate surface area is 175 Å². The third kappa shape index (κ3) is 5.98. The Balaban J connectivity index is 1.68. The van der Waals surface area contributed by atoms with E-state index >= 15 is 0 Å². The van der Waals surface area contributed by atoms with Crippen LogP contribution in [0.3, 0.4) is 0 Å². The van der Waals surface area contributed by atoms with E-state index in [0.717, 1.165) is 5.56 Å². The molecule has 3 aromatic rings. The molecule has 0 bridgehead atoms. The van der Waals surface area contributed by atoms with Gasteiger partial charge in [0.05, 0.1) is 12.1 Å². The summed E-state index contributed by atoms with van der Waals surface area (Å²) in [5, 5.41) is 0. The van der Waals surface area contributed by atoms with Gasteiger partial charge in [0.1, 0.15) is 5.82 Å². The fraction of sp³-hybridized carbons (Fsp3) is 0.208. The van der Waals surface area contributed by atoms with Crippen molar-refractivity contribution in [2.75, 3.05) is 6.54 Å². The fourth-order valence-electron chi connectivity index (χ4n) is 3.07. The lowest BCUT2D eigenvalue weighted by atomic mass is 10.1. The summed E-state index contributed by atoms with van der Waals surface area (Å²) in [6.45, 7) is 2.11. The number of aromatic nitrogens is 1. The number of halogens is 1. The monoisotopic (exact) mass is 406 g/mol. The van der Waals surface area contributed by atoms with Gasteiger partial charge in [0, 0.05) is 31.8 Å². The van der Waals surface area contributed by atoms with Crippen molar-refractivity contribution < 1.29 is 18.7 Å². The van der Waals surface area contributed by atoms with Crippen molar-refractivity contribution >= 4 is 11.9 Å². The molecular weight excluding hydrogens is 383 g/mol. The highest BCUT2D eigenvalue weighted by Gasteiger charge is 2.21. The van der Waals surface area contributed by atoms with Gasteiger partial charge in [0.25, 0.3) is 0 Å². The van der Waals surface area contributed by atoms with Crippen molar-refractivity contribution in [3.8, 4) is 0 Å². The Kier molecular flexibility index (Phi) is 7.27. The summed E-state index contributed by atoms with van der Waals surface area (Å²) in [6.07, 6.45) is 0.784. The molecule has 30 heavy (non-hydrogen) atoms. The molecule has 154 valence electrons. The first-order chi connectivity index (χ1) is 14.5. The van der Waals surface area contributed by atoms with Crippen LogP contribution in [0.2, 0.25) is 0 Å². The fourth-order valence-corrected chi connectivity index (χ4v) is 3.07. The minimum Gasteiger partial charge on any atom is -0.451 e. The smallest absolute Gasteiger partial charge is 0.308 e. The zero-order chi connectivity index (χ0) is 21.3. The summed E-state index contributed by atoms with van der Waals surface area (Å²) >= 11 is 0. The predicted octanol–water partition coefficient (Wildman–Crippen LogP) is 4.29.